The number of methoxy groups -OCH3 is 1. The monoisotopic (exact) mass is 702 g/mol. The van der Waals surface area contributed by atoms with Gasteiger partial charge in [-0.05, 0) is 12.0 Å². The Morgan fingerprint density at radius 3 is 1.44 bits per heavy atom. The van der Waals surface area contributed by atoms with E-state index in [1.54, 1.807) is 7.11 Å². The molecule has 0 aromatic heterocycles. The van der Waals surface area contributed by atoms with Crippen molar-refractivity contribution >= 4 is 8.07 Å². The zero-order valence-corrected chi connectivity index (χ0v) is 28.8. The van der Waals surface area contributed by atoms with E-state index in [-0.39, 0.29) is 45.8 Å². The minimum absolute atomic E-state index is 0. The molecule has 0 bridgehead atoms. The molecular formula is C32H44Co2O8Si. The summed E-state index contributed by atoms with van der Waals surface area (Å²) < 4.78 is 57.1. The zero-order chi connectivity index (χ0) is 33.4. The Kier molecular flexibility index (Phi) is 79.1. The van der Waals surface area contributed by atoms with Crippen molar-refractivity contribution in [1.29, 1.82) is 0 Å². The Labute approximate surface area is 281 Å². The summed E-state index contributed by atoms with van der Waals surface area (Å²) in [5.41, 5.74) is 4.68. The molecule has 0 aliphatic heterocycles. The van der Waals surface area contributed by atoms with E-state index in [0.29, 0.717) is 6.61 Å². The third-order valence-corrected chi connectivity index (χ3v) is 5.97. The van der Waals surface area contributed by atoms with Crippen molar-refractivity contribution in [3.63, 3.8) is 0 Å². The number of hydrogen-bond donors (Lipinski definition) is 0. The van der Waals surface area contributed by atoms with E-state index in [4.69, 9.17) is 37.4 Å². The van der Waals surface area contributed by atoms with E-state index in [1.807, 2.05) is 6.07 Å². The molecule has 0 fully saturated rings. The summed E-state index contributed by atoms with van der Waals surface area (Å²) in [5.74, 6) is 3.39. The first kappa shape index (κ1) is 60.5. The fraction of sp³-hybridized carbons (Fsp3) is 0.562. The molecule has 0 saturated heterocycles. The van der Waals surface area contributed by atoms with Crippen molar-refractivity contribution in [2.45, 2.75) is 110 Å². The summed E-state index contributed by atoms with van der Waals surface area (Å²) in [5, 5.41) is 0. The normalized spacial score (nSPS) is 9.42. The van der Waals surface area contributed by atoms with Gasteiger partial charge in [-0.1, -0.05) is 121 Å². The molecule has 0 N–H and O–H groups in total. The van der Waals surface area contributed by atoms with Gasteiger partial charge in [0.1, 0.15) is 14.2 Å². The molecular weight excluding hydrogens is 658 g/mol. The van der Waals surface area contributed by atoms with Gasteiger partial charge in [-0.2, -0.15) is 0 Å². The van der Waals surface area contributed by atoms with Crippen LogP contribution in [0.5, 0.6) is 0 Å². The van der Waals surface area contributed by atoms with E-state index < -0.39 is 8.07 Å². The van der Waals surface area contributed by atoms with Crippen molar-refractivity contribution < 1.29 is 70.9 Å². The van der Waals surface area contributed by atoms with Crippen molar-refractivity contribution in [3.05, 3.63) is 75.8 Å². The molecule has 0 aliphatic carbocycles. The Balaban J connectivity index is -0.000000129. The second kappa shape index (κ2) is 56.2. The molecule has 8 nitrogen and oxygen atoms in total. The number of hydrogen-bond acceptors (Lipinski definition) is 2. The Morgan fingerprint density at radius 2 is 1.07 bits per heavy atom. The van der Waals surface area contributed by atoms with Crippen LogP contribution in [0.2, 0.25) is 19.6 Å². The standard InChI is InChI=1S/C26H44O2Si.6CO.2Co/c1-6-7-8-9-10-11-12-13-17-20-26(25(27-2)21-22-29(3,4)5)28-23-24-18-15-14-16-19-24;6*1-2;;/h14-16,18-19,25-26H,6-13,17,20,23H2,1-5H3;;;;;;;;/t25?,26-;;;;;;;;/m1......../s1. The number of benzene rings is 1. The predicted molar refractivity (Wildman–Crippen MR) is 152 cm³/mol. The molecule has 1 aromatic rings. The average molecular weight is 703 g/mol. The third-order valence-electron chi connectivity index (χ3n) is 5.08. The minimum Gasteiger partial charge on any atom is 0 e. The van der Waals surface area contributed by atoms with Crippen LogP contribution < -0.4 is 0 Å². The molecule has 242 valence electrons. The smallest absolute Gasteiger partial charge is 0 e. The minimum atomic E-state index is -1.43. The van der Waals surface area contributed by atoms with E-state index in [0.717, 1.165) is 6.42 Å². The van der Waals surface area contributed by atoms with Crippen molar-refractivity contribution in [2.24, 2.45) is 0 Å². The van der Waals surface area contributed by atoms with Gasteiger partial charge in [0.15, 0.2) is 0 Å². The molecule has 2 radical (unpaired) electrons. The first-order chi connectivity index (χ1) is 20.0. The van der Waals surface area contributed by atoms with Crippen LogP contribution in [0, 0.1) is 51.4 Å². The molecule has 1 unspecified atom stereocenters. The van der Waals surface area contributed by atoms with Crippen LogP contribution in [0.25, 0.3) is 0 Å². The summed E-state index contributed by atoms with van der Waals surface area (Å²) in [6.45, 7) is 36.7. The van der Waals surface area contributed by atoms with Crippen LogP contribution in [0.4, 0.5) is 0 Å². The maximum atomic E-state index is 7.50. The molecule has 1 aromatic carbocycles. The Bertz CT molecular complexity index is 789. The molecule has 11 heteroatoms. The van der Waals surface area contributed by atoms with Gasteiger partial charge in [0.05, 0.1) is 12.7 Å². The number of ether oxygens (including phenoxy) is 2. The van der Waals surface area contributed by atoms with Crippen molar-refractivity contribution in [3.8, 4) is 11.5 Å². The summed E-state index contributed by atoms with van der Waals surface area (Å²) in [6, 6.07) is 10.4. The van der Waals surface area contributed by atoms with Gasteiger partial charge in [-0.15, -0.1) is 5.54 Å². The number of unbranched alkanes of at least 4 members (excludes halogenated alkanes) is 8. The molecule has 0 amide bonds. The van der Waals surface area contributed by atoms with Gasteiger partial charge >= 0.3 is 67.8 Å². The van der Waals surface area contributed by atoms with Gasteiger partial charge in [0.25, 0.3) is 0 Å². The fourth-order valence-corrected chi connectivity index (χ4v) is 3.92. The van der Waals surface area contributed by atoms with E-state index >= 15 is 0 Å². The van der Waals surface area contributed by atoms with Crippen LogP contribution in [0.3, 0.4) is 0 Å². The predicted octanol–water partition coefficient (Wildman–Crippen LogP) is 7.16. The molecule has 0 aliphatic rings. The summed E-state index contributed by atoms with van der Waals surface area (Å²) in [7, 11) is 0.334. The van der Waals surface area contributed by atoms with Gasteiger partial charge < -0.3 is 9.47 Å². The van der Waals surface area contributed by atoms with Gasteiger partial charge in [0, 0.05) is 40.7 Å². The molecule has 1 rings (SSSR count). The van der Waals surface area contributed by atoms with E-state index in [1.165, 1.54) is 63.4 Å². The first-order valence-electron chi connectivity index (χ1n) is 12.9. The van der Waals surface area contributed by atoms with Gasteiger partial charge in [-0.25, -0.2) is 0 Å². The topological polar surface area (TPSA) is 138 Å². The second-order valence-electron chi connectivity index (χ2n) is 9.13. The van der Waals surface area contributed by atoms with Gasteiger partial charge in [0.2, 0.25) is 0 Å². The summed E-state index contributed by atoms with van der Waals surface area (Å²) in [4.78, 5) is 0. The first-order valence-corrected chi connectivity index (χ1v) is 16.4. The molecule has 0 heterocycles. The maximum absolute atomic E-state index is 7.50. The van der Waals surface area contributed by atoms with Crippen molar-refractivity contribution in [1.82, 2.24) is 0 Å². The Morgan fingerprint density at radius 1 is 0.674 bits per heavy atom. The third kappa shape index (κ3) is 50.3. The van der Waals surface area contributed by atoms with Crippen molar-refractivity contribution in [2.75, 3.05) is 7.11 Å². The van der Waals surface area contributed by atoms with Crippen LogP contribution in [0.15, 0.2) is 30.3 Å². The molecule has 0 spiro atoms. The maximum Gasteiger partial charge on any atom is 0 e. The van der Waals surface area contributed by atoms with Crippen LogP contribution in [-0.2, 0) is 77.6 Å². The van der Waals surface area contributed by atoms with Gasteiger partial charge in [-0.3, -0.25) is 0 Å². The molecule has 0 saturated carbocycles. The Hall–Kier alpha value is -1.63. The largest absolute Gasteiger partial charge is 0 e. The average Bonchev–Trinajstić information content (AvgIpc) is 3.04. The van der Waals surface area contributed by atoms with Crippen LogP contribution in [-0.4, -0.2) is 27.4 Å². The molecule has 2 atom stereocenters. The zero-order valence-electron chi connectivity index (χ0n) is 25.8. The number of rotatable bonds is 15. The van der Waals surface area contributed by atoms with Crippen LogP contribution >= 0.6 is 0 Å². The second-order valence-corrected chi connectivity index (χ2v) is 13.9. The van der Waals surface area contributed by atoms with E-state index in [2.05, 4.69) is 102 Å². The quantitative estimate of drug-likeness (QED) is 0.0630. The molecule has 43 heavy (non-hydrogen) atoms. The van der Waals surface area contributed by atoms with E-state index in [9.17, 15) is 0 Å². The SMILES string of the molecule is CCCCCCCCCCC[C@@H](OCc1ccccc1)C(C#C[Si](C)(C)C)OC.[C-]#[O+].[C-]#[O+].[C-]#[O+].[C-]#[O+].[C-]#[O+].[C-]#[O+].[Co].[Co]. The summed E-state index contributed by atoms with van der Waals surface area (Å²) in [6.07, 6.45) is 13.0. The van der Waals surface area contributed by atoms with Crippen LogP contribution in [0.1, 0.15) is 76.7 Å². The summed E-state index contributed by atoms with van der Waals surface area (Å²) >= 11 is 0. The fourth-order valence-electron chi connectivity index (χ4n) is 3.35.